The molecule has 2 aliphatic heterocycles. The number of nitrogens with one attached hydrogen (secondary N) is 1. The molecule has 1 fully saturated rings. The molecular formula is C15H17N3OS. The second-order valence-corrected chi connectivity index (χ2v) is 5.91. The molecule has 1 aromatic heterocycles. The Bertz CT molecular complexity index is 553. The van der Waals surface area contributed by atoms with Crippen molar-refractivity contribution in [3.05, 3.63) is 52.8 Å². The standard InChI is InChI=1S/C15H17N3OS/c19-15(17-8-4-13-3-1-2-7-16-13)18-9-5-12-6-10-20-14(12)11-18/h1-3,5,7,11H,4,6,8-10H2,(H,17,19). The number of allylic oxidation sites excluding steroid dienone is 1. The molecule has 3 rings (SSSR count). The predicted molar refractivity (Wildman–Crippen MR) is 81.3 cm³/mol. The second kappa shape index (κ2) is 6.13. The average Bonchev–Trinajstić information content (AvgIpc) is 2.95. The number of rotatable bonds is 3. The molecule has 0 aromatic carbocycles. The fraction of sp³-hybridized carbons (Fsp3) is 0.333. The van der Waals surface area contributed by atoms with Crippen LogP contribution in [0.3, 0.4) is 0 Å². The Kier molecular flexibility index (Phi) is 4.06. The Hall–Kier alpha value is -1.75. The molecule has 0 bridgehead atoms. The highest BCUT2D eigenvalue weighted by atomic mass is 32.2. The zero-order chi connectivity index (χ0) is 13.8. The molecule has 0 unspecified atom stereocenters. The van der Waals surface area contributed by atoms with Gasteiger partial charge in [-0.25, -0.2) is 4.79 Å². The maximum absolute atomic E-state index is 12.1. The van der Waals surface area contributed by atoms with Crippen molar-refractivity contribution in [2.45, 2.75) is 12.8 Å². The third-order valence-corrected chi connectivity index (χ3v) is 4.48. The molecule has 0 atom stereocenters. The molecule has 5 heteroatoms. The molecule has 2 amide bonds. The summed E-state index contributed by atoms with van der Waals surface area (Å²) in [6.07, 6.45) is 7.80. The number of fused-ring (bicyclic) bond motifs is 1. The Balaban J connectivity index is 1.49. The highest BCUT2D eigenvalue weighted by molar-refractivity contribution is 8.03. The van der Waals surface area contributed by atoms with Crippen molar-refractivity contribution in [3.63, 3.8) is 0 Å². The van der Waals surface area contributed by atoms with Crippen molar-refractivity contribution in [1.29, 1.82) is 0 Å². The van der Waals surface area contributed by atoms with Gasteiger partial charge in [0.1, 0.15) is 0 Å². The molecule has 1 aromatic rings. The molecule has 3 heterocycles. The third kappa shape index (κ3) is 3.04. The SMILES string of the molecule is O=C(NCCc1ccccn1)N1C=C2SCCC2=CC1. The molecule has 4 nitrogen and oxygen atoms in total. The number of hydrogen-bond donors (Lipinski definition) is 1. The first-order valence-electron chi connectivity index (χ1n) is 6.81. The van der Waals surface area contributed by atoms with Crippen LogP contribution in [0.4, 0.5) is 4.79 Å². The first-order valence-corrected chi connectivity index (χ1v) is 7.80. The van der Waals surface area contributed by atoms with Crippen molar-refractivity contribution >= 4 is 17.8 Å². The summed E-state index contributed by atoms with van der Waals surface area (Å²) in [6.45, 7) is 1.29. The summed E-state index contributed by atoms with van der Waals surface area (Å²) >= 11 is 1.83. The Morgan fingerprint density at radius 2 is 2.40 bits per heavy atom. The normalized spacial score (nSPS) is 17.3. The molecule has 0 aliphatic carbocycles. The van der Waals surface area contributed by atoms with E-state index in [9.17, 15) is 4.79 Å². The van der Waals surface area contributed by atoms with Crippen LogP contribution >= 0.6 is 11.8 Å². The summed E-state index contributed by atoms with van der Waals surface area (Å²) in [7, 11) is 0. The first-order chi connectivity index (χ1) is 9.83. The van der Waals surface area contributed by atoms with Crippen molar-refractivity contribution in [2.75, 3.05) is 18.8 Å². The Morgan fingerprint density at radius 1 is 1.45 bits per heavy atom. The molecular weight excluding hydrogens is 270 g/mol. The van der Waals surface area contributed by atoms with Gasteiger partial charge in [0.15, 0.2) is 0 Å². The molecule has 104 valence electrons. The number of hydrogen-bond acceptors (Lipinski definition) is 3. The van der Waals surface area contributed by atoms with Crippen LogP contribution in [0.1, 0.15) is 12.1 Å². The maximum atomic E-state index is 12.1. The zero-order valence-electron chi connectivity index (χ0n) is 11.2. The van der Waals surface area contributed by atoms with Gasteiger partial charge in [-0.1, -0.05) is 12.1 Å². The van der Waals surface area contributed by atoms with Gasteiger partial charge in [-0.3, -0.25) is 9.88 Å². The van der Waals surface area contributed by atoms with Crippen LogP contribution in [-0.4, -0.2) is 34.8 Å². The van der Waals surface area contributed by atoms with Crippen LogP contribution in [0, 0.1) is 0 Å². The minimum absolute atomic E-state index is 0.0313. The van der Waals surface area contributed by atoms with Gasteiger partial charge in [-0.15, -0.1) is 11.8 Å². The molecule has 20 heavy (non-hydrogen) atoms. The summed E-state index contributed by atoms with van der Waals surface area (Å²) in [5.74, 6) is 1.13. The zero-order valence-corrected chi connectivity index (χ0v) is 12.0. The van der Waals surface area contributed by atoms with Gasteiger partial charge in [-0.2, -0.15) is 0 Å². The molecule has 0 spiro atoms. The molecule has 0 radical (unpaired) electrons. The lowest BCUT2D eigenvalue weighted by molar-refractivity contribution is 0.218. The fourth-order valence-electron chi connectivity index (χ4n) is 2.30. The van der Waals surface area contributed by atoms with Crippen LogP contribution < -0.4 is 5.32 Å². The minimum Gasteiger partial charge on any atom is -0.337 e. The van der Waals surface area contributed by atoms with Crippen molar-refractivity contribution in [2.24, 2.45) is 0 Å². The monoisotopic (exact) mass is 287 g/mol. The van der Waals surface area contributed by atoms with Gasteiger partial charge in [0.25, 0.3) is 0 Å². The van der Waals surface area contributed by atoms with Crippen LogP contribution in [-0.2, 0) is 6.42 Å². The Morgan fingerprint density at radius 3 is 3.25 bits per heavy atom. The topological polar surface area (TPSA) is 45.2 Å². The number of nitrogens with zero attached hydrogens (tertiary/aromatic N) is 2. The summed E-state index contributed by atoms with van der Waals surface area (Å²) < 4.78 is 0. The van der Waals surface area contributed by atoms with E-state index in [2.05, 4.69) is 16.4 Å². The van der Waals surface area contributed by atoms with Crippen molar-refractivity contribution in [1.82, 2.24) is 15.2 Å². The summed E-state index contributed by atoms with van der Waals surface area (Å²) in [5.41, 5.74) is 2.39. The van der Waals surface area contributed by atoms with E-state index in [1.807, 2.05) is 36.2 Å². The lowest BCUT2D eigenvalue weighted by atomic mass is 10.1. The molecule has 0 saturated carbocycles. The van der Waals surface area contributed by atoms with Gasteiger partial charge in [0.05, 0.1) is 0 Å². The number of amides is 2. The largest absolute Gasteiger partial charge is 0.337 e. The van der Waals surface area contributed by atoms with E-state index in [1.165, 1.54) is 10.5 Å². The van der Waals surface area contributed by atoms with E-state index < -0.39 is 0 Å². The predicted octanol–water partition coefficient (Wildman–Crippen LogP) is 2.55. The summed E-state index contributed by atoms with van der Waals surface area (Å²) in [6, 6.07) is 5.80. The first kappa shape index (κ1) is 13.2. The van der Waals surface area contributed by atoms with E-state index in [0.29, 0.717) is 13.1 Å². The Labute approximate surface area is 123 Å². The number of carbonyl (C=O) groups excluding carboxylic acids is 1. The number of urea groups is 1. The van der Waals surface area contributed by atoms with Gasteiger partial charge < -0.3 is 5.32 Å². The van der Waals surface area contributed by atoms with Gasteiger partial charge >= 0.3 is 6.03 Å². The number of aromatic nitrogens is 1. The number of thioether (sulfide) groups is 1. The van der Waals surface area contributed by atoms with E-state index in [1.54, 1.807) is 11.1 Å². The van der Waals surface area contributed by atoms with E-state index in [4.69, 9.17) is 0 Å². The quantitative estimate of drug-likeness (QED) is 0.929. The lowest BCUT2D eigenvalue weighted by Gasteiger charge is -2.22. The maximum Gasteiger partial charge on any atom is 0.321 e. The van der Waals surface area contributed by atoms with E-state index in [-0.39, 0.29) is 6.03 Å². The molecule has 2 aliphatic rings. The highest BCUT2D eigenvalue weighted by Crippen LogP contribution is 2.37. The average molecular weight is 287 g/mol. The summed E-state index contributed by atoms with van der Waals surface area (Å²) in [4.78, 5) is 19.3. The van der Waals surface area contributed by atoms with Crippen LogP contribution in [0.2, 0.25) is 0 Å². The summed E-state index contributed by atoms with van der Waals surface area (Å²) in [5, 5.41) is 2.94. The third-order valence-electron chi connectivity index (χ3n) is 3.40. The van der Waals surface area contributed by atoms with Gasteiger partial charge in [0, 0.05) is 48.3 Å². The molecule has 1 N–H and O–H groups in total. The number of pyridine rings is 1. The fourth-order valence-corrected chi connectivity index (χ4v) is 3.41. The van der Waals surface area contributed by atoms with Gasteiger partial charge in [0.2, 0.25) is 0 Å². The van der Waals surface area contributed by atoms with Crippen molar-refractivity contribution < 1.29 is 4.79 Å². The smallest absolute Gasteiger partial charge is 0.321 e. The van der Waals surface area contributed by atoms with E-state index >= 15 is 0 Å². The van der Waals surface area contributed by atoms with Crippen LogP contribution in [0.25, 0.3) is 0 Å². The van der Waals surface area contributed by atoms with E-state index in [0.717, 1.165) is 24.3 Å². The van der Waals surface area contributed by atoms with Crippen LogP contribution in [0.5, 0.6) is 0 Å². The molecule has 1 saturated heterocycles. The minimum atomic E-state index is -0.0313. The van der Waals surface area contributed by atoms with Gasteiger partial charge in [-0.05, 0) is 24.1 Å². The van der Waals surface area contributed by atoms with Crippen molar-refractivity contribution in [3.8, 4) is 0 Å². The highest BCUT2D eigenvalue weighted by Gasteiger charge is 2.21. The lowest BCUT2D eigenvalue weighted by Crippen LogP contribution is -2.38. The second-order valence-electron chi connectivity index (χ2n) is 4.78. The van der Waals surface area contributed by atoms with Crippen LogP contribution in [0.15, 0.2) is 47.2 Å². The number of carbonyl (C=O) groups is 1.